The van der Waals surface area contributed by atoms with Gasteiger partial charge in [-0.25, -0.2) is 4.98 Å². The van der Waals surface area contributed by atoms with E-state index in [2.05, 4.69) is 36.3 Å². The summed E-state index contributed by atoms with van der Waals surface area (Å²) in [6, 6.07) is 4.73. The van der Waals surface area contributed by atoms with Crippen LogP contribution in [0.3, 0.4) is 0 Å². The predicted molar refractivity (Wildman–Crippen MR) is 218 cm³/mol. The summed E-state index contributed by atoms with van der Waals surface area (Å²) in [6.07, 6.45) is 6.80. The number of phenols is 1. The number of likely N-dealkylation sites (N-methyl/N-ethyl adjacent to an activating group) is 1. The molecule has 1 saturated heterocycles. The lowest BCUT2D eigenvalue weighted by Crippen LogP contribution is -2.59. The Morgan fingerprint density at radius 3 is 2.36 bits per heavy atom. The summed E-state index contributed by atoms with van der Waals surface area (Å²) in [5.74, 6) is -2.42. The van der Waals surface area contributed by atoms with Gasteiger partial charge in [0.05, 0.1) is 12.0 Å². The maximum Gasteiger partial charge on any atom is 0.306 e. The van der Waals surface area contributed by atoms with Crippen molar-refractivity contribution in [3.05, 3.63) is 45.9 Å². The minimum Gasteiger partial charge on any atom is -0.508 e. The Morgan fingerprint density at radius 1 is 1.04 bits per heavy atom. The van der Waals surface area contributed by atoms with E-state index in [1.165, 1.54) is 11.3 Å². The summed E-state index contributed by atoms with van der Waals surface area (Å²) in [7, 11) is 3.55. The molecule has 2 heterocycles. The Kier molecular flexibility index (Phi) is 19.7. The number of rotatable bonds is 24. The number of benzene rings is 1. The number of nitrogens with one attached hydrogen (secondary N) is 2. The smallest absolute Gasteiger partial charge is 0.306 e. The summed E-state index contributed by atoms with van der Waals surface area (Å²) in [4.78, 5) is 62.2. The van der Waals surface area contributed by atoms with E-state index in [-0.39, 0.29) is 60.3 Å². The van der Waals surface area contributed by atoms with Crippen LogP contribution in [0.25, 0.3) is 0 Å². The number of hydrogen-bond acceptors (Lipinski definition) is 10. The molecule has 2 aromatic rings. The van der Waals surface area contributed by atoms with Gasteiger partial charge in [-0.15, -0.1) is 11.3 Å². The highest BCUT2D eigenvalue weighted by Gasteiger charge is 2.38. The lowest BCUT2D eigenvalue weighted by molar-refractivity contribution is -0.149. The fourth-order valence-electron chi connectivity index (χ4n) is 7.17. The van der Waals surface area contributed by atoms with Crippen LogP contribution in [0.4, 0.5) is 0 Å². The van der Waals surface area contributed by atoms with E-state index < -0.39 is 36.0 Å². The Morgan fingerprint density at radius 2 is 1.75 bits per heavy atom. The van der Waals surface area contributed by atoms with Gasteiger partial charge < -0.3 is 35.2 Å². The van der Waals surface area contributed by atoms with E-state index in [1.807, 2.05) is 20.9 Å². The van der Waals surface area contributed by atoms with Crippen LogP contribution in [0.1, 0.15) is 126 Å². The van der Waals surface area contributed by atoms with Gasteiger partial charge in [-0.05, 0) is 75.2 Å². The van der Waals surface area contributed by atoms with Crippen molar-refractivity contribution in [2.75, 3.05) is 34.0 Å². The maximum atomic E-state index is 14.7. The third-order valence-electron chi connectivity index (χ3n) is 11.0. The number of thiazole rings is 1. The monoisotopic (exact) mass is 801 g/mol. The average Bonchev–Trinajstić information content (AvgIpc) is 3.67. The zero-order valence-electron chi connectivity index (χ0n) is 34.8. The standard InChI is InChI=1S/C42H67N5O8S/c1-9-11-14-21-55-26-47(41(51)37(28(5)10-2)45-39(50)34-15-12-13-20-46(34)7)35(27(3)4)24-36(54-8)40-44-33(25-56-40)38(49)43-31(22-29(6)42(52)53)23-30-16-18-32(48)19-17-30/h16-19,25,27-29,31,34-37,48H,9-15,20-24,26H2,1-8H3,(H,43,49)(H,45,50)(H,52,53)/t28-,29-,31+,34+,35+,36+,37-/m0/s1. The quantitative estimate of drug-likeness (QED) is 0.0687. The van der Waals surface area contributed by atoms with Gasteiger partial charge >= 0.3 is 5.97 Å². The molecule has 13 nitrogen and oxygen atoms in total. The topological polar surface area (TPSA) is 171 Å². The van der Waals surface area contributed by atoms with Crippen molar-refractivity contribution in [3.8, 4) is 5.75 Å². The number of carboxylic acids is 1. The second-order valence-electron chi connectivity index (χ2n) is 15.8. The van der Waals surface area contributed by atoms with Crippen LogP contribution < -0.4 is 10.6 Å². The number of piperidine rings is 1. The maximum absolute atomic E-state index is 14.7. The molecule has 0 spiro atoms. The second-order valence-corrected chi connectivity index (χ2v) is 16.7. The van der Waals surface area contributed by atoms with E-state index in [9.17, 15) is 29.4 Å². The van der Waals surface area contributed by atoms with Crippen molar-refractivity contribution in [2.24, 2.45) is 17.8 Å². The van der Waals surface area contributed by atoms with Crippen LogP contribution in [-0.4, -0.2) is 107 Å². The molecule has 56 heavy (non-hydrogen) atoms. The van der Waals surface area contributed by atoms with Gasteiger partial charge in [0.2, 0.25) is 11.8 Å². The highest BCUT2D eigenvalue weighted by Crippen LogP contribution is 2.31. The third-order valence-corrected chi connectivity index (χ3v) is 11.9. The Hall–Kier alpha value is -3.59. The predicted octanol–water partition coefficient (Wildman–Crippen LogP) is 6.41. The van der Waals surface area contributed by atoms with E-state index in [1.54, 1.807) is 48.6 Å². The number of nitrogens with zero attached hydrogens (tertiary/aromatic N) is 3. The Balaban J connectivity index is 1.86. The number of methoxy groups -OCH3 is 1. The summed E-state index contributed by atoms with van der Waals surface area (Å²) in [5.41, 5.74) is 1.03. The zero-order valence-corrected chi connectivity index (χ0v) is 35.6. The first-order valence-corrected chi connectivity index (χ1v) is 21.3. The molecule has 7 atom stereocenters. The summed E-state index contributed by atoms with van der Waals surface area (Å²) >= 11 is 1.29. The number of unbranched alkanes of at least 4 members (excludes halogenated alkanes) is 2. The Bertz CT molecular complexity index is 1520. The van der Waals surface area contributed by atoms with E-state index >= 15 is 0 Å². The molecule has 0 aliphatic carbocycles. The summed E-state index contributed by atoms with van der Waals surface area (Å²) < 4.78 is 12.2. The number of carbonyl (C=O) groups is 4. The van der Waals surface area contributed by atoms with E-state index in [0.717, 1.165) is 50.6 Å². The molecule has 0 unspecified atom stereocenters. The largest absolute Gasteiger partial charge is 0.508 e. The molecule has 1 aromatic heterocycles. The molecule has 3 rings (SSSR count). The number of aromatic hydroxyl groups is 1. The van der Waals surface area contributed by atoms with Crippen molar-refractivity contribution in [3.63, 3.8) is 0 Å². The molecule has 314 valence electrons. The molecule has 1 fully saturated rings. The van der Waals surface area contributed by atoms with E-state index in [0.29, 0.717) is 30.9 Å². The van der Waals surface area contributed by atoms with Gasteiger partial charge in [0, 0.05) is 37.6 Å². The number of amides is 3. The van der Waals surface area contributed by atoms with Gasteiger partial charge in [-0.2, -0.15) is 0 Å². The number of hydrogen-bond donors (Lipinski definition) is 4. The first kappa shape index (κ1) is 46.8. The van der Waals surface area contributed by atoms with Gasteiger partial charge in [0.25, 0.3) is 5.91 Å². The van der Waals surface area contributed by atoms with Crippen molar-refractivity contribution in [1.29, 1.82) is 0 Å². The number of ether oxygens (including phenoxy) is 2. The third kappa shape index (κ3) is 14.1. The fourth-order valence-corrected chi connectivity index (χ4v) is 8.06. The average molecular weight is 802 g/mol. The van der Waals surface area contributed by atoms with Gasteiger partial charge in [-0.3, -0.25) is 24.1 Å². The molecule has 1 aliphatic rings. The fraction of sp³-hybridized carbons (Fsp3) is 0.690. The van der Waals surface area contributed by atoms with Gasteiger partial charge in [0.15, 0.2) is 0 Å². The van der Waals surface area contributed by atoms with Crippen LogP contribution >= 0.6 is 11.3 Å². The molecule has 4 N–H and O–H groups in total. The lowest BCUT2D eigenvalue weighted by atomic mass is 9.92. The second kappa shape index (κ2) is 23.6. The summed E-state index contributed by atoms with van der Waals surface area (Å²) in [6.45, 7) is 13.3. The van der Waals surface area contributed by atoms with Crippen LogP contribution in [0.2, 0.25) is 0 Å². The normalized spacial score (nSPS) is 18.1. The number of phenolic OH excluding ortho intramolecular Hbond substituents is 1. The van der Waals surface area contributed by atoms with Crippen molar-refractivity contribution in [1.82, 2.24) is 25.4 Å². The number of aliphatic carboxylic acids is 1. The van der Waals surface area contributed by atoms with Crippen LogP contribution in [0.15, 0.2) is 29.6 Å². The molecule has 1 aromatic carbocycles. The van der Waals surface area contributed by atoms with Gasteiger partial charge in [0.1, 0.15) is 35.3 Å². The number of carbonyl (C=O) groups excluding carboxylic acids is 3. The molecular formula is C42H67N5O8S. The highest BCUT2D eigenvalue weighted by molar-refractivity contribution is 7.09. The molecular weight excluding hydrogens is 735 g/mol. The highest BCUT2D eigenvalue weighted by atomic mass is 32.1. The summed E-state index contributed by atoms with van der Waals surface area (Å²) in [5, 5.41) is 27.7. The molecule has 3 amide bonds. The molecule has 0 radical (unpaired) electrons. The number of likely N-dealkylation sites (tertiary alicyclic amines) is 1. The molecule has 14 heteroatoms. The molecule has 0 saturated carbocycles. The van der Waals surface area contributed by atoms with Crippen LogP contribution in [0, 0.1) is 17.8 Å². The SMILES string of the molecule is CCCCCOCN(C(=O)[C@@H](NC(=O)[C@H]1CCCCN1C)[C@@H](C)CC)[C@H](C[C@@H](OC)c1nc(C(=O)N[C@@H](Cc2ccc(O)cc2)C[C@H](C)C(=O)O)cs1)C(C)C. The first-order valence-electron chi connectivity index (χ1n) is 20.4. The van der Waals surface area contributed by atoms with Crippen LogP contribution in [-0.2, 0) is 30.3 Å². The van der Waals surface area contributed by atoms with Gasteiger partial charge in [-0.1, -0.05) is 79.4 Å². The number of carboxylic acid groups (broad SMARTS) is 1. The number of aromatic nitrogens is 1. The van der Waals surface area contributed by atoms with Crippen LogP contribution in [0.5, 0.6) is 5.75 Å². The molecule has 1 aliphatic heterocycles. The van der Waals surface area contributed by atoms with Crippen molar-refractivity contribution < 1.29 is 38.9 Å². The van der Waals surface area contributed by atoms with Crippen molar-refractivity contribution >= 4 is 35.0 Å². The lowest BCUT2D eigenvalue weighted by Gasteiger charge is -2.40. The first-order chi connectivity index (χ1) is 26.7. The zero-order chi connectivity index (χ0) is 41.4. The Labute approximate surface area is 337 Å². The minimum atomic E-state index is -0.956. The molecule has 0 bridgehead atoms. The minimum absolute atomic E-state index is 0.0202. The van der Waals surface area contributed by atoms with Crippen molar-refractivity contribution in [2.45, 2.75) is 136 Å². The van der Waals surface area contributed by atoms with E-state index in [4.69, 9.17) is 14.5 Å².